The number of anilines is 1. The number of urea groups is 1. The first-order valence-corrected chi connectivity index (χ1v) is 7.70. The Balaban J connectivity index is 2.01. The van der Waals surface area contributed by atoms with Crippen molar-refractivity contribution in [1.82, 2.24) is 10.6 Å². The molecule has 1 aliphatic rings. The molecule has 22 heavy (non-hydrogen) atoms. The Morgan fingerprint density at radius 2 is 2.00 bits per heavy atom. The average Bonchev–Trinajstić information content (AvgIpc) is 2.44. The largest absolute Gasteiger partial charge is 0.372 e. The standard InChI is InChI=1S/C16H24FN3O2/c1-4-18-16(21)19-8-13-5-6-15(14(17)7-13)20-9-11(2)22-12(3)10-20/h5-7,11-12H,4,8-10H2,1-3H3,(H2,18,19,21)/t11-,12-/m0/s1. The van der Waals surface area contributed by atoms with E-state index < -0.39 is 0 Å². The Labute approximate surface area is 130 Å². The number of benzene rings is 1. The molecule has 0 radical (unpaired) electrons. The summed E-state index contributed by atoms with van der Waals surface area (Å²) in [6, 6.07) is 4.85. The summed E-state index contributed by atoms with van der Waals surface area (Å²) in [5.41, 5.74) is 1.32. The van der Waals surface area contributed by atoms with Gasteiger partial charge < -0.3 is 20.3 Å². The number of morpholine rings is 1. The molecule has 1 aliphatic heterocycles. The molecule has 0 spiro atoms. The lowest BCUT2D eigenvalue weighted by atomic mass is 10.1. The van der Waals surface area contributed by atoms with Crippen molar-refractivity contribution in [2.75, 3.05) is 24.5 Å². The van der Waals surface area contributed by atoms with Gasteiger partial charge in [0.15, 0.2) is 0 Å². The first kappa shape index (κ1) is 16.5. The van der Waals surface area contributed by atoms with E-state index >= 15 is 0 Å². The maximum Gasteiger partial charge on any atom is 0.315 e. The molecule has 1 aromatic carbocycles. The van der Waals surface area contributed by atoms with Gasteiger partial charge >= 0.3 is 6.03 Å². The summed E-state index contributed by atoms with van der Waals surface area (Å²) >= 11 is 0. The van der Waals surface area contributed by atoms with Crippen LogP contribution in [0.5, 0.6) is 0 Å². The third-order valence-electron chi connectivity index (χ3n) is 3.56. The molecule has 1 heterocycles. The minimum absolute atomic E-state index is 0.0854. The van der Waals surface area contributed by atoms with Crippen LogP contribution in [0.15, 0.2) is 18.2 Å². The number of hydrogen-bond acceptors (Lipinski definition) is 3. The summed E-state index contributed by atoms with van der Waals surface area (Å²) in [4.78, 5) is 13.4. The van der Waals surface area contributed by atoms with Crippen LogP contribution in [0.1, 0.15) is 26.3 Å². The lowest BCUT2D eigenvalue weighted by Gasteiger charge is -2.37. The van der Waals surface area contributed by atoms with Crippen LogP contribution >= 0.6 is 0 Å². The molecule has 0 aromatic heterocycles. The molecule has 0 saturated carbocycles. The number of hydrogen-bond donors (Lipinski definition) is 2. The molecule has 5 nitrogen and oxygen atoms in total. The quantitative estimate of drug-likeness (QED) is 0.897. The summed E-state index contributed by atoms with van der Waals surface area (Å²) in [5, 5.41) is 5.33. The number of nitrogens with zero attached hydrogens (tertiary/aromatic N) is 1. The highest BCUT2D eigenvalue weighted by Crippen LogP contribution is 2.24. The second-order valence-electron chi connectivity index (χ2n) is 5.66. The first-order valence-electron chi connectivity index (χ1n) is 7.70. The average molecular weight is 309 g/mol. The van der Waals surface area contributed by atoms with Crippen LogP contribution in [-0.4, -0.2) is 37.9 Å². The van der Waals surface area contributed by atoms with Gasteiger partial charge in [-0.3, -0.25) is 0 Å². The van der Waals surface area contributed by atoms with E-state index in [1.165, 1.54) is 6.07 Å². The van der Waals surface area contributed by atoms with Gasteiger partial charge in [0.2, 0.25) is 0 Å². The van der Waals surface area contributed by atoms with E-state index in [0.29, 0.717) is 31.9 Å². The molecule has 2 rings (SSSR count). The van der Waals surface area contributed by atoms with Gasteiger partial charge in [-0.15, -0.1) is 0 Å². The van der Waals surface area contributed by atoms with Crippen LogP contribution in [0, 0.1) is 5.82 Å². The molecule has 0 aliphatic carbocycles. The Bertz CT molecular complexity index is 514. The Morgan fingerprint density at radius 1 is 1.32 bits per heavy atom. The summed E-state index contributed by atoms with van der Waals surface area (Å²) in [6.07, 6.45) is 0.171. The Hall–Kier alpha value is -1.82. The number of rotatable bonds is 4. The number of halogens is 1. The molecular formula is C16H24FN3O2. The molecule has 1 saturated heterocycles. The van der Waals surface area contributed by atoms with E-state index in [2.05, 4.69) is 10.6 Å². The van der Waals surface area contributed by atoms with Crippen molar-refractivity contribution in [3.05, 3.63) is 29.6 Å². The SMILES string of the molecule is CCNC(=O)NCc1ccc(N2C[C@H](C)O[C@@H](C)C2)c(F)c1. The fraction of sp³-hybridized carbons (Fsp3) is 0.562. The fourth-order valence-corrected chi connectivity index (χ4v) is 2.70. The Kier molecular flexibility index (Phi) is 5.60. The van der Waals surface area contributed by atoms with Crippen LogP contribution in [0.25, 0.3) is 0 Å². The number of amides is 2. The van der Waals surface area contributed by atoms with Crippen molar-refractivity contribution in [3.8, 4) is 0 Å². The summed E-state index contributed by atoms with van der Waals surface area (Å²) < 4.78 is 20.0. The van der Waals surface area contributed by atoms with E-state index in [-0.39, 0.29) is 24.1 Å². The van der Waals surface area contributed by atoms with E-state index in [4.69, 9.17) is 4.74 Å². The summed E-state index contributed by atoms with van der Waals surface area (Å²) in [5.74, 6) is -0.267. The van der Waals surface area contributed by atoms with Gasteiger partial charge in [-0.1, -0.05) is 6.07 Å². The molecule has 6 heteroatoms. The lowest BCUT2D eigenvalue weighted by Crippen LogP contribution is -2.45. The van der Waals surface area contributed by atoms with Gasteiger partial charge in [-0.2, -0.15) is 0 Å². The maximum absolute atomic E-state index is 14.4. The molecular weight excluding hydrogens is 285 g/mol. The zero-order chi connectivity index (χ0) is 16.1. The van der Waals surface area contributed by atoms with Crippen molar-refractivity contribution >= 4 is 11.7 Å². The summed E-state index contributed by atoms with van der Waals surface area (Å²) in [6.45, 7) is 8.05. The number of ether oxygens (including phenoxy) is 1. The highest BCUT2D eigenvalue weighted by Gasteiger charge is 2.24. The second-order valence-corrected chi connectivity index (χ2v) is 5.66. The zero-order valence-electron chi connectivity index (χ0n) is 13.4. The van der Waals surface area contributed by atoms with E-state index in [1.807, 2.05) is 31.7 Å². The van der Waals surface area contributed by atoms with Crippen molar-refractivity contribution in [3.63, 3.8) is 0 Å². The van der Waals surface area contributed by atoms with E-state index in [1.54, 1.807) is 6.07 Å². The number of carbonyl (C=O) groups is 1. The number of carbonyl (C=O) groups excluding carboxylic acids is 1. The van der Waals surface area contributed by atoms with Gasteiger partial charge in [0.05, 0.1) is 17.9 Å². The second kappa shape index (κ2) is 7.45. The van der Waals surface area contributed by atoms with Gasteiger partial charge in [0.25, 0.3) is 0 Å². The number of nitrogens with one attached hydrogen (secondary N) is 2. The molecule has 1 aromatic rings. The normalized spacial score (nSPS) is 21.5. The topological polar surface area (TPSA) is 53.6 Å². The minimum Gasteiger partial charge on any atom is -0.372 e. The monoisotopic (exact) mass is 309 g/mol. The van der Waals surface area contributed by atoms with Crippen LogP contribution in [0.2, 0.25) is 0 Å². The fourth-order valence-electron chi connectivity index (χ4n) is 2.70. The minimum atomic E-state index is -0.267. The van der Waals surface area contributed by atoms with Gasteiger partial charge in [-0.25, -0.2) is 9.18 Å². The molecule has 2 amide bonds. The third kappa shape index (κ3) is 4.34. The predicted molar refractivity (Wildman–Crippen MR) is 84.5 cm³/mol. The maximum atomic E-state index is 14.4. The molecule has 1 fully saturated rings. The van der Waals surface area contributed by atoms with Gasteiger partial charge in [0, 0.05) is 26.2 Å². The van der Waals surface area contributed by atoms with Crippen LogP contribution < -0.4 is 15.5 Å². The van der Waals surface area contributed by atoms with Crippen LogP contribution in [0.3, 0.4) is 0 Å². The molecule has 2 N–H and O–H groups in total. The predicted octanol–water partition coefficient (Wildman–Crippen LogP) is 2.26. The highest BCUT2D eigenvalue weighted by molar-refractivity contribution is 5.73. The summed E-state index contributed by atoms with van der Waals surface area (Å²) in [7, 11) is 0. The molecule has 2 atom stereocenters. The van der Waals surface area contributed by atoms with E-state index in [9.17, 15) is 9.18 Å². The van der Waals surface area contributed by atoms with Crippen LogP contribution in [-0.2, 0) is 11.3 Å². The third-order valence-corrected chi connectivity index (χ3v) is 3.56. The van der Waals surface area contributed by atoms with Crippen molar-refractivity contribution in [2.45, 2.75) is 39.5 Å². The molecule has 122 valence electrons. The zero-order valence-corrected chi connectivity index (χ0v) is 13.4. The van der Waals surface area contributed by atoms with Gasteiger partial charge in [0.1, 0.15) is 5.82 Å². The van der Waals surface area contributed by atoms with Crippen molar-refractivity contribution in [1.29, 1.82) is 0 Å². The van der Waals surface area contributed by atoms with Crippen molar-refractivity contribution < 1.29 is 13.9 Å². The Morgan fingerprint density at radius 3 is 2.59 bits per heavy atom. The van der Waals surface area contributed by atoms with Gasteiger partial charge in [-0.05, 0) is 38.5 Å². The van der Waals surface area contributed by atoms with Crippen LogP contribution in [0.4, 0.5) is 14.9 Å². The molecule has 0 bridgehead atoms. The highest BCUT2D eigenvalue weighted by atomic mass is 19.1. The van der Waals surface area contributed by atoms with Crippen molar-refractivity contribution in [2.24, 2.45) is 0 Å². The molecule has 0 unspecified atom stereocenters. The first-order chi connectivity index (χ1) is 10.5. The lowest BCUT2D eigenvalue weighted by molar-refractivity contribution is -0.00539. The van der Waals surface area contributed by atoms with E-state index in [0.717, 1.165) is 5.56 Å². The smallest absolute Gasteiger partial charge is 0.315 e.